The number of rotatable bonds is 1. The number of aromatic nitrogens is 1. The van der Waals surface area contributed by atoms with Crippen LogP contribution in [-0.2, 0) is 4.74 Å². The van der Waals surface area contributed by atoms with Crippen molar-refractivity contribution in [1.82, 2.24) is 14.6 Å². The zero-order valence-electron chi connectivity index (χ0n) is 9.48. The molecule has 88 valence electrons. The molecule has 0 radical (unpaired) electrons. The minimum atomic E-state index is -0.0282. The molecule has 0 amide bonds. The fourth-order valence-corrected chi connectivity index (χ4v) is 3.58. The summed E-state index contributed by atoms with van der Waals surface area (Å²) in [5, 5.41) is 3.59. The minimum absolute atomic E-state index is 0.0282. The summed E-state index contributed by atoms with van der Waals surface area (Å²) in [6, 6.07) is 2.43. The van der Waals surface area contributed by atoms with E-state index in [4.69, 9.17) is 4.74 Å². The van der Waals surface area contributed by atoms with Gasteiger partial charge in [-0.15, -0.1) is 0 Å². The van der Waals surface area contributed by atoms with Gasteiger partial charge in [0.05, 0.1) is 12.6 Å². The molecule has 3 rings (SSSR count). The highest BCUT2D eigenvalue weighted by molar-refractivity contribution is 7.05. The molecule has 2 aliphatic rings. The van der Waals surface area contributed by atoms with Crippen molar-refractivity contribution in [3.63, 3.8) is 0 Å². The van der Waals surface area contributed by atoms with E-state index in [-0.39, 0.29) is 5.60 Å². The third-order valence-electron chi connectivity index (χ3n) is 3.56. The maximum Gasteiger partial charge on any atom is 0.102 e. The molecule has 5 heteroatoms. The van der Waals surface area contributed by atoms with E-state index >= 15 is 0 Å². The van der Waals surface area contributed by atoms with E-state index in [0.29, 0.717) is 6.04 Å². The van der Waals surface area contributed by atoms with E-state index in [1.54, 1.807) is 11.5 Å². The van der Waals surface area contributed by atoms with Crippen molar-refractivity contribution in [2.24, 2.45) is 0 Å². The Bertz CT molecular complexity index is 352. The average molecular weight is 239 g/mol. The molecule has 1 aromatic heterocycles. The van der Waals surface area contributed by atoms with Crippen LogP contribution in [0.1, 0.15) is 17.3 Å². The Morgan fingerprint density at radius 3 is 3.31 bits per heavy atom. The van der Waals surface area contributed by atoms with Crippen LogP contribution in [0.5, 0.6) is 0 Å². The average Bonchev–Trinajstić information content (AvgIpc) is 2.90. The van der Waals surface area contributed by atoms with Crippen molar-refractivity contribution in [1.29, 1.82) is 0 Å². The van der Waals surface area contributed by atoms with Crippen LogP contribution in [0.15, 0.2) is 12.3 Å². The molecule has 0 aliphatic carbocycles. The summed E-state index contributed by atoms with van der Waals surface area (Å²) in [5.74, 6) is 0. The second-order valence-electron chi connectivity index (χ2n) is 4.70. The maximum atomic E-state index is 6.11. The van der Waals surface area contributed by atoms with E-state index in [1.165, 1.54) is 4.88 Å². The van der Waals surface area contributed by atoms with Gasteiger partial charge in [-0.1, -0.05) is 0 Å². The van der Waals surface area contributed by atoms with Gasteiger partial charge in [0.1, 0.15) is 5.60 Å². The van der Waals surface area contributed by atoms with Crippen LogP contribution >= 0.6 is 11.5 Å². The van der Waals surface area contributed by atoms with Gasteiger partial charge in [-0.25, -0.2) is 4.37 Å². The Hall–Kier alpha value is -0.490. The van der Waals surface area contributed by atoms with Crippen LogP contribution in [0.3, 0.4) is 0 Å². The monoisotopic (exact) mass is 239 g/mol. The standard InChI is InChI=1S/C11H17N3OS/c1-14-6-3-11(8-14)10(12-5-7-15-11)9-2-4-13-16-9/h2,4,10,12H,3,5-8H2,1H3. The van der Waals surface area contributed by atoms with Gasteiger partial charge in [-0.05, 0) is 31.1 Å². The number of morpholine rings is 1. The lowest BCUT2D eigenvalue weighted by Crippen LogP contribution is -2.53. The normalized spacial score (nSPS) is 35.9. The lowest BCUT2D eigenvalue weighted by molar-refractivity contribution is -0.0881. The summed E-state index contributed by atoms with van der Waals surface area (Å²) in [6.07, 6.45) is 2.99. The van der Waals surface area contributed by atoms with Crippen LogP contribution < -0.4 is 5.32 Å². The van der Waals surface area contributed by atoms with Crippen LogP contribution in [0.25, 0.3) is 0 Å². The topological polar surface area (TPSA) is 37.4 Å². The van der Waals surface area contributed by atoms with E-state index in [9.17, 15) is 0 Å². The molecular formula is C11H17N3OS. The largest absolute Gasteiger partial charge is 0.370 e. The van der Waals surface area contributed by atoms with Crippen molar-refractivity contribution < 1.29 is 4.74 Å². The van der Waals surface area contributed by atoms with Crippen molar-refractivity contribution in [2.75, 3.05) is 33.3 Å². The van der Waals surface area contributed by atoms with Crippen molar-refractivity contribution >= 4 is 11.5 Å². The van der Waals surface area contributed by atoms with Crippen molar-refractivity contribution in [3.8, 4) is 0 Å². The van der Waals surface area contributed by atoms with E-state index in [2.05, 4.69) is 27.7 Å². The van der Waals surface area contributed by atoms with Gasteiger partial charge in [0.2, 0.25) is 0 Å². The first kappa shape index (κ1) is 10.7. The summed E-state index contributed by atoms with van der Waals surface area (Å²) >= 11 is 1.58. The third-order valence-corrected chi connectivity index (χ3v) is 4.37. The molecule has 0 saturated carbocycles. The number of ether oxygens (including phenoxy) is 1. The number of likely N-dealkylation sites (tertiary alicyclic amines) is 1. The number of nitrogens with one attached hydrogen (secondary N) is 1. The predicted molar refractivity (Wildman–Crippen MR) is 63.7 cm³/mol. The van der Waals surface area contributed by atoms with Gasteiger partial charge in [0.15, 0.2) is 0 Å². The summed E-state index contributed by atoms with van der Waals surface area (Å²) in [5.41, 5.74) is -0.0282. The van der Waals surface area contributed by atoms with Crippen molar-refractivity contribution in [2.45, 2.75) is 18.1 Å². The smallest absolute Gasteiger partial charge is 0.102 e. The first-order chi connectivity index (χ1) is 7.80. The predicted octanol–water partition coefficient (Wildman–Crippen LogP) is 0.878. The van der Waals surface area contributed by atoms with E-state index in [0.717, 1.165) is 32.7 Å². The van der Waals surface area contributed by atoms with Crippen LogP contribution in [0.2, 0.25) is 0 Å². The molecule has 2 fully saturated rings. The minimum Gasteiger partial charge on any atom is -0.370 e. The molecule has 2 aliphatic heterocycles. The highest BCUT2D eigenvalue weighted by atomic mass is 32.1. The zero-order chi connectivity index (χ0) is 11.0. The molecule has 2 atom stereocenters. The van der Waals surface area contributed by atoms with Gasteiger partial charge in [0.25, 0.3) is 0 Å². The molecule has 16 heavy (non-hydrogen) atoms. The molecule has 1 N–H and O–H groups in total. The quantitative estimate of drug-likeness (QED) is 0.789. The van der Waals surface area contributed by atoms with Gasteiger partial charge in [-0.3, -0.25) is 0 Å². The fourth-order valence-electron chi connectivity index (χ4n) is 2.81. The second-order valence-corrected chi connectivity index (χ2v) is 5.57. The molecule has 0 bridgehead atoms. The molecule has 1 aromatic rings. The SMILES string of the molecule is CN1CCC2(C1)OCCNC2c1ccns1. The second kappa shape index (κ2) is 4.07. The Morgan fingerprint density at radius 1 is 1.69 bits per heavy atom. The fraction of sp³-hybridized carbons (Fsp3) is 0.727. The lowest BCUT2D eigenvalue weighted by atomic mass is 9.90. The highest BCUT2D eigenvalue weighted by Crippen LogP contribution is 2.39. The van der Waals surface area contributed by atoms with Crippen LogP contribution in [-0.4, -0.2) is 48.2 Å². The van der Waals surface area contributed by atoms with Gasteiger partial charge in [-0.2, -0.15) is 0 Å². The Labute approximate surface area is 99.8 Å². The Kier molecular flexibility index (Phi) is 2.71. The van der Waals surface area contributed by atoms with Gasteiger partial charge >= 0.3 is 0 Å². The molecule has 3 heterocycles. The summed E-state index contributed by atoms with van der Waals surface area (Å²) in [6.45, 7) is 3.90. The van der Waals surface area contributed by atoms with Crippen LogP contribution in [0.4, 0.5) is 0 Å². The summed E-state index contributed by atoms with van der Waals surface area (Å²) in [4.78, 5) is 3.65. The summed E-state index contributed by atoms with van der Waals surface area (Å²) in [7, 11) is 2.16. The van der Waals surface area contributed by atoms with Crippen molar-refractivity contribution in [3.05, 3.63) is 17.1 Å². The number of nitrogens with zero attached hydrogens (tertiary/aromatic N) is 2. The lowest BCUT2D eigenvalue weighted by Gasteiger charge is -2.41. The highest BCUT2D eigenvalue weighted by Gasteiger charge is 2.47. The third kappa shape index (κ3) is 1.68. The first-order valence-electron chi connectivity index (χ1n) is 5.77. The number of hydrogen-bond acceptors (Lipinski definition) is 5. The zero-order valence-corrected chi connectivity index (χ0v) is 10.3. The maximum absolute atomic E-state index is 6.11. The Morgan fingerprint density at radius 2 is 2.62 bits per heavy atom. The van der Waals surface area contributed by atoms with Gasteiger partial charge < -0.3 is 15.0 Å². The molecule has 0 aromatic carbocycles. The van der Waals surface area contributed by atoms with E-state index < -0.39 is 0 Å². The van der Waals surface area contributed by atoms with E-state index in [1.807, 2.05) is 6.20 Å². The molecule has 1 spiro atoms. The Balaban J connectivity index is 1.89. The molecular weight excluding hydrogens is 222 g/mol. The molecule has 2 saturated heterocycles. The number of likely N-dealkylation sites (N-methyl/N-ethyl adjacent to an activating group) is 1. The molecule has 2 unspecified atom stereocenters. The first-order valence-corrected chi connectivity index (χ1v) is 6.54. The van der Waals surface area contributed by atoms with Crippen LogP contribution in [0, 0.1) is 0 Å². The van der Waals surface area contributed by atoms with Gasteiger partial charge in [0, 0.05) is 30.7 Å². The number of hydrogen-bond donors (Lipinski definition) is 1. The molecule has 4 nitrogen and oxygen atoms in total. The summed E-state index contributed by atoms with van der Waals surface area (Å²) < 4.78 is 10.3.